The summed E-state index contributed by atoms with van der Waals surface area (Å²) in [5.41, 5.74) is -0.761. The van der Waals surface area contributed by atoms with Crippen LogP contribution in [0.1, 0.15) is 34.5 Å². The molecule has 2 aromatic heterocycles. The molecule has 1 aliphatic rings. The van der Waals surface area contributed by atoms with E-state index < -0.39 is 23.3 Å². The van der Waals surface area contributed by atoms with Crippen molar-refractivity contribution in [1.29, 1.82) is 0 Å². The third-order valence-electron chi connectivity index (χ3n) is 4.93. The molecule has 2 heterocycles. The molecule has 0 spiro atoms. The van der Waals surface area contributed by atoms with Crippen molar-refractivity contribution in [3.8, 4) is 11.7 Å². The molecule has 2 N–H and O–H groups in total. The second kappa shape index (κ2) is 8.88. The lowest BCUT2D eigenvalue weighted by Crippen LogP contribution is -2.26. The van der Waals surface area contributed by atoms with Crippen LogP contribution in [-0.4, -0.2) is 38.9 Å². The van der Waals surface area contributed by atoms with Gasteiger partial charge in [-0.15, -0.1) is 10.2 Å². The molecule has 9 nitrogen and oxygen atoms in total. The Morgan fingerprint density at radius 1 is 1.18 bits per heavy atom. The highest BCUT2D eigenvalue weighted by atomic mass is 19.4. The quantitative estimate of drug-likeness (QED) is 0.561. The van der Waals surface area contributed by atoms with E-state index in [0.29, 0.717) is 15.9 Å². The second-order valence-electron chi connectivity index (χ2n) is 7.40. The number of carbonyl (C=O) groups is 2. The maximum absolute atomic E-state index is 13.8. The van der Waals surface area contributed by atoms with Crippen molar-refractivity contribution in [3.63, 3.8) is 0 Å². The Labute approximate surface area is 186 Å². The van der Waals surface area contributed by atoms with Crippen LogP contribution in [0.15, 0.2) is 42.6 Å². The van der Waals surface area contributed by atoms with Crippen molar-refractivity contribution in [2.45, 2.75) is 25.6 Å². The van der Waals surface area contributed by atoms with Crippen LogP contribution in [0.5, 0.6) is 5.88 Å². The van der Waals surface area contributed by atoms with E-state index in [0.717, 1.165) is 19.0 Å². The number of benzene rings is 1. The summed E-state index contributed by atoms with van der Waals surface area (Å²) in [5.74, 6) is -1.10. The number of nitrogens with zero attached hydrogens (tertiary/aromatic N) is 4. The van der Waals surface area contributed by atoms with Crippen LogP contribution in [-0.2, 0) is 17.5 Å². The first-order chi connectivity index (χ1) is 15.8. The molecular weight excluding hydrogens is 441 g/mol. The van der Waals surface area contributed by atoms with Gasteiger partial charge in [-0.3, -0.25) is 9.59 Å². The molecule has 33 heavy (non-hydrogen) atoms. The van der Waals surface area contributed by atoms with Gasteiger partial charge in [-0.2, -0.15) is 18.3 Å². The number of ether oxygens (including phenoxy) is 1. The highest BCUT2D eigenvalue weighted by molar-refractivity contribution is 5.95. The minimum atomic E-state index is -4.88. The van der Waals surface area contributed by atoms with Crippen LogP contribution in [0.3, 0.4) is 0 Å². The molecule has 0 unspecified atom stereocenters. The molecule has 0 atom stereocenters. The minimum absolute atomic E-state index is 0.0288. The zero-order valence-corrected chi connectivity index (χ0v) is 17.4. The molecule has 2 amide bonds. The first-order valence-electron chi connectivity index (χ1n) is 9.97. The number of hydrogen-bond acceptors (Lipinski definition) is 6. The van der Waals surface area contributed by atoms with Crippen LogP contribution in [0, 0.1) is 5.92 Å². The zero-order valence-electron chi connectivity index (χ0n) is 17.4. The van der Waals surface area contributed by atoms with Crippen molar-refractivity contribution in [2.24, 2.45) is 5.92 Å². The lowest BCUT2D eigenvalue weighted by atomic mass is 10.1. The average molecular weight is 460 g/mol. The maximum Gasteiger partial charge on any atom is 0.434 e. The van der Waals surface area contributed by atoms with Gasteiger partial charge in [0.2, 0.25) is 11.8 Å². The van der Waals surface area contributed by atoms with Gasteiger partial charge in [0.05, 0.1) is 18.9 Å². The van der Waals surface area contributed by atoms with Crippen LogP contribution < -0.4 is 15.4 Å². The molecule has 1 saturated carbocycles. The summed E-state index contributed by atoms with van der Waals surface area (Å²) in [4.78, 5) is 24.5. The second-order valence-corrected chi connectivity index (χ2v) is 7.40. The molecule has 0 radical (unpaired) electrons. The van der Waals surface area contributed by atoms with Gasteiger partial charge >= 0.3 is 6.18 Å². The maximum atomic E-state index is 13.8. The number of rotatable bonds is 7. The summed E-state index contributed by atoms with van der Waals surface area (Å²) in [7, 11) is 1.35. The number of nitrogens with one attached hydrogen (secondary N) is 2. The third-order valence-corrected chi connectivity index (χ3v) is 4.93. The van der Waals surface area contributed by atoms with Gasteiger partial charge in [-0.05, 0) is 36.6 Å². The number of anilines is 1. The van der Waals surface area contributed by atoms with Gasteiger partial charge in [0, 0.05) is 24.2 Å². The number of carbonyl (C=O) groups excluding carboxylic acids is 2. The van der Waals surface area contributed by atoms with Crippen molar-refractivity contribution < 1.29 is 27.5 Å². The Morgan fingerprint density at radius 2 is 1.97 bits per heavy atom. The summed E-state index contributed by atoms with van der Waals surface area (Å²) < 4.78 is 46.7. The molecule has 12 heteroatoms. The third kappa shape index (κ3) is 5.10. The van der Waals surface area contributed by atoms with Crippen molar-refractivity contribution in [3.05, 3.63) is 59.4 Å². The Hall–Kier alpha value is -3.96. The fourth-order valence-electron chi connectivity index (χ4n) is 3.12. The first kappa shape index (κ1) is 22.2. The van der Waals surface area contributed by atoms with Gasteiger partial charge in [0.1, 0.15) is 0 Å². The fraction of sp³-hybridized carbons (Fsp3) is 0.286. The van der Waals surface area contributed by atoms with E-state index in [1.807, 2.05) is 0 Å². The van der Waals surface area contributed by atoms with E-state index in [1.54, 1.807) is 24.3 Å². The van der Waals surface area contributed by atoms with Crippen molar-refractivity contribution in [2.75, 3.05) is 12.4 Å². The van der Waals surface area contributed by atoms with E-state index in [9.17, 15) is 22.8 Å². The summed E-state index contributed by atoms with van der Waals surface area (Å²) in [6.45, 7) is -0.0449. The predicted octanol–water partition coefficient (Wildman–Crippen LogP) is 2.97. The van der Waals surface area contributed by atoms with E-state index in [-0.39, 0.29) is 30.1 Å². The molecule has 3 aromatic rings. The van der Waals surface area contributed by atoms with Crippen molar-refractivity contribution >= 4 is 17.5 Å². The molecular formula is C21H19F3N6O3. The smallest absolute Gasteiger partial charge is 0.434 e. The van der Waals surface area contributed by atoms with Gasteiger partial charge in [0.15, 0.2) is 11.5 Å². The number of methoxy groups -OCH3 is 1. The summed E-state index contributed by atoms with van der Waals surface area (Å²) in [5, 5.41) is 16.3. The topological polar surface area (TPSA) is 111 Å². The van der Waals surface area contributed by atoms with Gasteiger partial charge in [-0.1, -0.05) is 12.1 Å². The Morgan fingerprint density at radius 3 is 2.61 bits per heavy atom. The number of aromatic nitrogens is 4. The lowest BCUT2D eigenvalue weighted by molar-refractivity contribution is -0.143. The van der Waals surface area contributed by atoms with E-state index in [2.05, 4.69) is 25.9 Å². The molecule has 0 saturated heterocycles. The van der Waals surface area contributed by atoms with Gasteiger partial charge in [-0.25, -0.2) is 4.68 Å². The highest BCUT2D eigenvalue weighted by Crippen LogP contribution is 2.33. The van der Waals surface area contributed by atoms with Crippen LogP contribution in [0.4, 0.5) is 18.9 Å². The fourth-order valence-corrected chi connectivity index (χ4v) is 3.12. The normalized spacial score (nSPS) is 13.5. The monoisotopic (exact) mass is 460 g/mol. The Kier molecular flexibility index (Phi) is 5.99. The Balaban J connectivity index is 1.51. The number of amides is 2. The largest absolute Gasteiger partial charge is 0.480 e. The lowest BCUT2D eigenvalue weighted by Gasteiger charge is -2.12. The average Bonchev–Trinajstić information content (AvgIpc) is 3.55. The number of alkyl halides is 3. The molecule has 1 aromatic carbocycles. The highest BCUT2D eigenvalue weighted by Gasteiger charge is 2.41. The van der Waals surface area contributed by atoms with E-state index in [1.165, 1.54) is 19.2 Å². The minimum Gasteiger partial charge on any atom is -0.480 e. The SMILES string of the molecule is COc1ccc(-n2ncc(C(=O)NCc3cccc(NC(=O)C4CC4)c3)c2C(F)(F)F)nn1. The molecule has 172 valence electrons. The predicted molar refractivity (Wildman–Crippen MR) is 110 cm³/mol. The molecule has 0 aliphatic heterocycles. The van der Waals surface area contributed by atoms with E-state index >= 15 is 0 Å². The number of halogens is 3. The molecule has 0 bridgehead atoms. The summed E-state index contributed by atoms with van der Waals surface area (Å²) in [6, 6.07) is 9.31. The zero-order chi connectivity index (χ0) is 23.6. The number of hydrogen-bond donors (Lipinski definition) is 2. The molecule has 4 rings (SSSR count). The summed E-state index contributed by atoms with van der Waals surface area (Å²) in [6.07, 6.45) is -2.33. The molecule has 1 fully saturated rings. The van der Waals surface area contributed by atoms with E-state index in [4.69, 9.17) is 4.74 Å². The Bertz CT molecular complexity index is 1170. The van der Waals surface area contributed by atoms with Crippen molar-refractivity contribution in [1.82, 2.24) is 25.3 Å². The molecule has 1 aliphatic carbocycles. The standard InChI is InChI=1S/C21H19F3N6O3/c1-33-17-8-7-16(28-29-17)30-18(21(22,23)24)15(11-26-30)20(32)25-10-12-3-2-4-14(9-12)27-19(31)13-5-6-13/h2-4,7-9,11,13H,5-6,10H2,1H3,(H,25,32)(H,27,31). The van der Waals surface area contributed by atoms with Gasteiger partial charge < -0.3 is 15.4 Å². The van der Waals surface area contributed by atoms with Crippen LogP contribution >= 0.6 is 0 Å². The van der Waals surface area contributed by atoms with Crippen LogP contribution in [0.2, 0.25) is 0 Å². The first-order valence-corrected chi connectivity index (χ1v) is 9.97. The van der Waals surface area contributed by atoms with Gasteiger partial charge in [0.25, 0.3) is 5.91 Å². The van der Waals surface area contributed by atoms with Crippen LogP contribution in [0.25, 0.3) is 5.82 Å². The summed E-state index contributed by atoms with van der Waals surface area (Å²) >= 11 is 0.